The van der Waals surface area contributed by atoms with Crippen molar-refractivity contribution < 1.29 is 21.6 Å². The van der Waals surface area contributed by atoms with Gasteiger partial charge in [-0.3, -0.25) is 0 Å². The van der Waals surface area contributed by atoms with E-state index in [1.54, 1.807) is 42.5 Å². The van der Waals surface area contributed by atoms with Crippen molar-refractivity contribution >= 4 is 19.9 Å². The van der Waals surface area contributed by atoms with Crippen molar-refractivity contribution in [3.63, 3.8) is 0 Å². The maximum absolute atomic E-state index is 12.7. The minimum atomic E-state index is -3.56. The van der Waals surface area contributed by atoms with Crippen molar-refractivity contribution in [1.82, 2.24) is 4.31 Å². The number of ether oxygens (including phenoxy) is 1. The van der Waals surface area contributed by atoms with Crippen molar-refractivity contribution in [1.29, 1.82) is 0 Å². The Hall–Kier alpha value is -1.90. The number of hydrogen-bond donors (Lipinski definition) is 0. The summed E-state index contributed by atoms with van der Waals surface area (Å²) in [4.78, 5) is 0.233. The quantitative estimate of drug-likeness (QED) is 0.716. The molecule has 26 heavy (non-hydrogen) atoms. The van der Waals surface area contributed by atoms with Crippen LogP contribution in [0.5, 0.6) is 5.75 Å². The fourth-order valence-electron chi connectivity index (χ4n) is 2.92. The second-order valence-electron chi connectivity index (χ2n) is 6.10. The summed E-state index contributed by atoms with van der Waals surface area (Å²) in [6.07, 6.45) is 0.302. The molecule has 1 heterocycles. The van der Waals surface area contributed by atoms with Crippen molar-refractivity contribution in [2.24, 2.45) is 0 Å². The van der Waals surface area contributed by atoms with Crippen molar-refractivity contribution in [3.05, 3.63) is 60.7 Å². The molecule has 0 amide bonds. The largest absolute Gasteiger partial charge is 0.492 e. The number of nitrogens with zero attached hydrogens (tertiary/aromatic N) is 1. The fourth-order valence-corrected chi connectivity index (χ4v) is 6.07. The molecule has 2 aromatic carbocycles. The van der Waals surface area contributed by atoms with Crippen LogP contribution in [0.4, 0.5) is 0 Å². The second-order valence-corrected chi connectivity index (χ2v) is 10.4. The standard InChI is InChI=1S/C18H21NO5S2/c20-25(21,14-13-24-16-7-3-1-4-8-16)19-12-11-18(15-19)26(22,23)17-9-5-2-6-10-17/h1-10,18H,11-15H2. The number of para-hydroxylation sites is 1. The van der Waals surface area contributed by atoms with Gasteiger partial charge in [0.2, 0.25) is 10.0 Å². The molecule has 8 heteroatoms. The van der Waals surface area contributed by atoms with E-state index >= 15 is 0 Å². The summed E-state index contributed by atoms with van der Waals surface area (Å²) in [5, 5.41) is -0.713. The third kappa shape index (κ3) is 4.25. The molecule has 1 fully saturated rings. The zero-order valence-electron chi connectivity index (χ0n) is 14.2. The van der Waals surface area contributed by atoms with Gasteiger partial charge in [-0.05, 0) is 30.7 Å². The van der Waals surface area contributed by atoms with E-state index in [0.29, 0.717) is 12.2 Å². The first-order valence-electron chi connectivity index (χ1n) is 8.34. The van der Waals surface area contributed by atoms with Gasteiger partial charge in [0.1, 0.15) is 12.4 Å². The molecule has 6 nitrogen and oxygen atoms in total. The molecule has 0 N–H and O–H groups in total. The first-order valence-corrected chi connectivity index (χ1v) is 11.5. The molecule has 1 atom stereocenters. The van der Waals surface area contributed by atoms with Crippen LogP contribution in [0.25, 0.3) is 0 Å². The smallest absolute Gasteiger partial charge is 0.217 e. The number of hydrogen-bond acceptors (Lipinski definition) is 5. The Bertz CT molecular complexity index is 928. The summed E-state index contributed by atoms with van der Waals surface area (Å²) in [5.41, 5.74) is 0. The maximum Gasteiger partial charge on any atom is 0.217 e. The summed E-state index contributed by atoms with van der Waals surface area (Å²) < 4.78 is 57.0. The van der Waals surface area contributed by atoms with Crippen LogP contribution in [0.1, 0.15) is 6.42 Å². The molecule has 1 saturated heterocycles. The van der Waals surface area contributed by atoms with Gasteiger partial charge in [-0.25, -0.2) is 21.1 Å². The van der Waals surface area contributed by atoms with E-state index in [1.807, 2.05) is 18.2 Å². The van der Waals surface area contributed by atoms with Gasteiger partial charge in [-0.1, -0.05) is 36.4 Å². The lowest BCUT2D eigenvalue weighted by Crippen LogP contribution is -2.35. The van der Waals surface area contributed by atoms with Crippen LogP contribution >= 0.6 is 0 Å². The summed E-state index contributed by atoms with van der Waals surface area (Å²) in [6.45, 7) is 0.230. The molecular weight excluding hydrogens is 374 g/mol. The van der Waals surface area contributed by atoms with Gasteiger partial charge in [-0.15, -0.1) is 0 Å². The summed E-state index contributed by atoms with van der Waals surface area (Å²) in [5.74, 6) is 0.425. The van der Waals surface area contributed by atoms with Crippen LogP contribution in [0, 0.1) is 0 Å². The van der Waals surface area contributed by atoms with E-state index in [4.69, 9.17) is 4.74 Å². The highest BCUT2D eigenvalue weighted by Gasteiger charge is 2.38. The Balaban J connectivity index is 1.60. The van der Waals surface area contributed by atoms with Crippen LogP contribution in [-0.2, 0) is 19.9 Å². The van der Waals surface area contributed by atoms with Gasteiger partial charge in [-0.2, -0.15) is 0 Å². The van der Waals surface area contributed by atoms with Crippen LogP contribution in [0.2, 0.25) is 0 Å². The Morgan fingerprint density at radius 2 is 1.54 bits per heavy atom. The molecular formula is C18H21NO5S2. The molecule has 0 saturated carbocycles. The molecule has 0 aromatic heterocycles. The average Bonchev–Trinajstić information content (AvgIpc) is 3.15. The lowest BCUT2D eigenvalue weighted by molar-refractivity contribution is 0.337. The summed E-state index contributed by atoms with van der Waals surface area (Å²) in [7, 11) is -7.09. The molecule has 1 aliphatic rings. The van der Waals surface area contributed by atoms with Crippen LogP contribution in [0.15, 0.2) is 65.6 Å². The number of sulfonamides is 1. The topological polar surface area (TPSA) is 80.8 Å². The Labute approximate surface area is 154 Å². The molecule has 140 valence electrons. The molecule has 0 aliphatic carbocycles. The van der Waals surface area contributed by atoms with E-state index in [9.17, 15) is 16.8 Å². The zero-order valence-corrected chi connectivity index (χ0v) is 15.8. The lowest BCUT2D eigenvalue weighted by atomic mass is 10.3. The van der Waals surface area contributed by atoms with Gasteiger partial charge < -0.3 is 4.74 Å². The van der Waals surface area contributed by atoms with E-state index in [1.165, 1.54) is 4.31 Å². The van der Waals surface area contributed by atoms with Gasteiger partial charge in [0.15, 0.2) is 9.84 Å². The molecule has 1 aliphatic heterocycles. The first kappa shape index (κ1) is 18.9. The van der Waals surface area contributed by atoms with Crippen LogP contribution in [0.3, 0.4) is 0 Å². The van der Waals surface area contributed by atoms with Crippen molar-refractivity contribution in [3.8, 4) is 5.75 Å². The first-order chi connectivity index (χ1) is 12.4. The Morgan fingerprint density at radius 3 is 2.19 bits per heavy atom. The van der Waals surface area contributed by atoms with E-state index in [0.717, 1.165) is 0 Å². The number of sulfone groups is 1. The lowest BCUT2D eigenvalue weighted by Gasteiger charge is -2.17. The van der Waals surface area contributed by atoms with Crippen molar-refractivity contribution in [2.75, 3.05) is 25.4 Å². The average molecular weight is 396 g/mol. The van der Waals surface area contributed by atoms with Crippen LogP contribution < -0.4 is 4.74 Å². The predicted molar refractivity (Wildman–Crippen MR) is 99.3 cm³/mol. The van der Waals surface area contributed by atoms with E-state index in [2.05, 4.69) is 0 Å². The summed E-state index contributed by atoms with van der Waals surface area (Å²) in [6, 6.07) is 17.1. The SMILES string of the molecule is O=S(=O)(c1ccccc1)C1CCN(S(=O)(=O)CCOc2ccccc2)C1. The number of rotatable bonds is 7. The minimum absolute atomic E-state index is 0.00903. The van der Waals surface area contributed by atoms with Gasteiger partial charge in [0.05, 0.1) is 15.9 Å². The maximum atomic E-state index is 12.7. The zero-order chi connectivity index (χ0) is 18.6. The molecule has 3 rings (SSSR count). The minimum Gasteiger partial charge on any atom is -0.492 e. The highest BCUT2D eigenvalue weighted by molar-refractivity contribution is 7.92. The molecule has 0 radical (unpaired) electrons. The Morgan fingerprint density at radius 1 is 0.923 bits per heavy atom. The van der Waals surface area contributed by atoms with E-state index in [-0.39, 0.29) is 30.3 Å². The van der Waals surface area contributed by atoms with E-state index < -0.39 is 25.1 Å². The predicted octanol–water partition coefficient (Wildman–Crippen LogP) is 1.94. The molecule has 1 unspecified atom stereocenters. The van der Waals surface area contributed by atoms with Crippen molar-refractivity contribution in [2.45, 2.75) is 16.6 Å². The second kappa shape index (κ2) is 7.77. The molecule has 0 bridgehead atoms. The highest BCUT2D eigenvalue weighted by atomic mass is 32.2. The molecule has 2 aromatic rings. The van der Waals surface area contributed by atoms with Gasteiger partial charge in [0.25, 0.3) is 0 Å². The fraction of sp³-hybridized carbons (Fsp3) is 0.333. The molecule has 0 spiro atoms. The highest BCUT2D eigenvalue weighted by Crippen LogP contribution is 2.25. The monoisotopic (exact) mass is 395 g/mol. The third-order valence-corrected chi connectivity index (χ3v) is 8.36. The van der Waals surface area contributed by atoms with Crippen LogP contribution in [-0.4, -0.2) is 51.8 Å². The van der Waals surface area contributed by atoms with Gasteiger partial charge >= 0.3 is 0 Å². The third-order valence-electron chi connectivity index (χ3n) is 4.36. The van der Waals surface area contributed by atoms with Gasteiger partial charge in [0, 0.05) is 13.1 Å². The normalized spacial score (nSPS) is 18.7. The Kier molecular flexibility index (Phi) is 5.64. The summed E-state index contributed by atoms with van der Waals surface area (Å²) >= 11 is 0. The number of benzene rings is 2.